The zero-order chi connectivity index (χ0) is 24.4. The zero-order valence-electron chi connectivity index (χ0n) is 23.4. The van der Waals surface area contributed by atoms with Crippen molar-refractivity contribution >= 4 is 5.97 Å². The predicted octanol–water partition coefficient (Wildman–Crippen LogP) is 10.8. The van der Waals surface area contributed by atoms with E-state index in [4.69, 9.17) is 4.74 Å². The van der Waals surface area contributed by atoms with Gasteiger partial charge in [0.2, 0.25) is 0 Å². The monoisotopic (exact) mass is 466 g/mol. The summed E-state index contributed by atoms with van der Waals surface area (Å²) in [4.78, 5) is 12.5. The molecule has 0 aliphatic heterocycles. The average molecular weight is 467 g/mol. The molecule has 2 nitrogen and oxygen atoms in total. The number of unbranched alkanes of at least 4 members (excludes halogenated alkanes) is 17. The first-order chi connectivity index (χ1) is 16.2. The van der Waals surface area contributed by atoms with E-state index in [1.54, 1.807) is 0 Å². The lowest BCUT2D eigenvalue weighted by Gasteiger charge is -2.19. The molecule has 0 radical (unpaired) electrons. The highest BCUT2D eigenvalue weighted by molar-refractivity contribution is 5.71. The Bertz CT molecular complexity index is 392. The summed E-state index contributed by atoms with van der Waals surface area (Å²) in [6, 6.07) is 0. The van der Waals surface area contributed by atoms with Crippen molar-refractivity contribution in [1.29, 1.82) is 0 Å². The van der Waals surface area contributed by atoms with Crippen molar-refractivity contribution in [2.24, 2.45) is 11.8 Å². The lowest BCUT2D eigenvalue weighted by atomic mass is 9.95. The number of carbonyl (C=O) groups excluding carboxylic acids is 1. The molecule has 33 heavy (non-hydrogen) atoms. The van der Waals surface area contributed by atoms with Gasteiger partial charge in [-0.05, 0) is 25.2 Å². The third-order valence-corrected chi connectivity index (χ3v) is 7.29. The van der Waals surface area contributed by atoms with Crippen LogP contribution in [0.3, 0.4) is 0 Å². The average Bonchev–Trinajstić information content (AvgIpc) is 2.82. The quantitative estimate of drug-likeness (QED) is 0.0935. The third kappa shape index (κ3) is 23.0. The van der Waals surface area contributed by atoms with Crippen molar-refractivity contribution in [2.45, 2.75) is 175 Å². The van der Waals surface area contributed by atoms with Crippen LogP contribution in [0.15, 0.2) is 0 Å². The number of hydrogen-bond donors (Lipinski definition) is 0. The summed E-state index contributed by atoms with van der Waals surface area (Å²) in [7, 11) is 0. The van der Waals surface area contributed by atoms with Gasteiger partial charge >= 0.3 is 5.97 Å². The summed E-state index contributed by atoms with van der Waals surface area (Å²) in [5, 5.41) is 0. The number of esters is 1. The van der Waals surface area contributed by atoms with Gasteiger partial charge in [0.1, 0.15) is 0 Å². The van der Waals surface area contributed by atoms with E-state index < -0.39 is 0 Å². The van der Waals surface area contributed by atoms with E-state index in [1.807, 2.05) is 0 Å². The van der Waals surface area contributed by atoms with Gasteiger partial charge in [-0.25, -0.2) is 0 Å². The Morgan fingerprint density at radius 2 is 0.848 bits per heavy atom. The molecule has 198 valence electrons. The molecule has 0 saturated carbocycles. The zero-order valence-corrected chi connectivity index (χ0v) is 23.4. The fourth-order valence-corrected chi connectivity index (χ4v) is 4.78. The molecule has 0 rings (SSSR count). The van der Waals surface area contributed by atoms with Crippen LogP contribution in [0.1, 0.15) is 175 Å². The van der Waals surface area contributed by atoms with Crippen molar-refractivity contribution in [2.75, 3.05) is 6.61 Å². The molecular weight excluding hydrogens is 404 g/mol. The maximum atomic E-state index is 12.5. The molecule has 0 aromatic rings. The molecule has 0 amide bonds. The van der Waals surface area contributed by atoms with Crippen molar-refractivity contribution in [3.8, 4) is 0 Å². The van der Waals surface area contributed by atoms with E-state index >= 15 is 0 Å². The van der Waals surface area contributed by atoms with Gasteiger partial charge in [0.15, 0.2) is 0 Å². The maximum absolute atomic E-state index is 12.5. The minimum atomic E-state index is 0.0459. The molecule has 0 aromatic carbocycles. The summed E-state index contributed by atoms with van der Waals surface area (Å²) >= 11 is 0. The van der Waals surface area contributed by atoms with Gasteiger partial charge in [-0.3, -0.25) is 4.79 Å². The number of carbonyl (C=O) groups is 1. The summed E-state index contributed by atoms with van der Waals surface area (Å²) < 4.78 is 5.81. The highest BCUT2D eigenvalue weighted by Crippen LogP contribution is 2.21. The Balaban J connectivity index is 3.94. The molecule has 2 heteroatoms. The molecular formula is C31H62O2. The van der Waals surface area contributed by atoms with Crippen LogP contribution in [-0.2, 0) is 9.53 Å². The van der Waals surface area contributed by atoms with Crippen LogP contribution in [0.2, 0.25) is 0 Å². The lowest BCUT2D eigenvalue weighted by Crippen LogP contribution is -2.19. The van der Waals surface area contributed by atoms with Gasteiger partial charge in [0.25, 0.3) is 0 Å². The van der Waals surface area contributed by atoms with E-state index in [1.165, 1.54) is 141 Å². The highest BCUT2D eigenvalue weighted by atomic mass is 16.5. The first-order valence-electron chi connectivity index (χ1n) is 15.3. The molecule has 0 spiro atoms. The van der Waals surface area contributed by atoms with Gasteiger partial charge in [0.05, 0.1) is 12.5 Å². The van der Waals surface area contributed by atoms with Gasteiger partial charge in [-0.1, -0.05) is 156 Å². The summed E-state index contributed by atoms with van der Waals surface area (Å²) in [5.74, 6) is 0.680. The Morgan fingerprint density at radius 3 is 1.30 bits per heavy atom. The van der Waals surface area contributed by atoms with E-state index in [0.717, 1.165) is 6.42 Å². The molecule has 0 aliphatic rings. The van der Waals surface area contributed by atoms with Gasteiger partial charge in [-0.2, -0.15) is 0 Å². The van der Waals surface area contributed by atoms with Crippen LogP contribution >= 0.6 is 0 Å². The van der Waals surface area contributed by atoms with Gasteiger partial charge in [0, 0.05) is 0 Å². The van der Waals surface area contributed by atoms with E-state index in [-0.39, 0.29) is 11.9 Å². The van der Waals surface area contributed by atoms with E-state index in [0.29, 0.717) is 12.5 Å². The maximum Gasteiger partial charge on any atom is 0.308 e. The fourth-order valence-electron chi connectivity index (χ4n) is 4.78. The Morgan fingerprint density at radius 1 is 0.515 bits per heavy atom. The minimum Gasteiger partial charge on any atom is -0.465 e. The summed E-state index contributed by atoms with van der Waals surface area (Å²) in [6.45, 7) is 9.53. The number of hydrogen-bond acceptors (Lipinski definition) is 2. The second-order valence-electron chi connectivity index (χ2n) is 10.8. The molecule has 0 saturated heterocycles. The van der Waals surface area contributed by atoms with Crippen molar-refractivity contribution in [3.63, 3.8) is 0 Å². The Kier molecular flexibility index (Phi) is 25.7. The van der Waals surface area contributed by atoms with E-state index in [9.17, 15) is 4.79 Å². The molecule has 0 aliphatic carbocycles. The molecule has 0 heterocycles. The van der Waals surface area contributed by atoms with Crippen molar-refractivity contribution in [3.05, 3.63) is 0 Å². The van der Waals surface area contributed by atoms with Crippen molar-refractivity contribution in [1.82, 2.24) is 0 Å². The van der Waals surface area contributed by atoms with Crippen molar-refractivity contribution < 1.29 is 9.53 Å². The second-order valence-corrected chi connectivity index (χ2v) is 10.8. The predicted molar refractivity (Wildman–Crippen MR) is 147 cm³/mol. The molecule has 0 aromatic heterocycles. The Labute approximate surface area is 209 Å². The third-order valence-electron chi connectivity index (χ3n) is 7.29. The fraction of sp³-hybridized carbons (Fsp3) is 0.968. The Hall–Kier alpha value is -0.530. The normalized spacial score (nSPS) is 13.2. The SMILES string of the molecule is CCCCCCCCCCCCC(CCCCC)COC(=O)C(C)CCCCCCCCC. The molecule has 0 bridgehead atoms. The van der Waals surface area contributed by atoms with Crippen LogP contribution in [0, 0.1) is 11.8 Å². The molecule has 2 unspecified atom stereocenters. The number of ether oxygens (including phenoxy) is 1. The summed E-state index contributed by atoms with van der Waals surface area (Å²) in [6.07, 6.45) is 30.3. The minimum absolute atomic E-state index is 0.0459. The van der Waals surface area contributed by atoms with Crippen LogP contribution in [-0.4, -0.2) is 12.6 Å². The van der Waals surface area contributed by atoms with Crippen LogP contribution < -0.4 is 0 Å². The molecule has 0 N–H and O–H groups in total. The standard InChI is InChI=1S/C31H62O2/c1-5-8-11-13-15-16-17-19-21-24-27-30(26-22-10-7-3)28-33-31(32)29(4)25-23-20-18-14-12-9-6-2/h29-30H,5-28H2,1-4H3. The molecule has 0 fully saturated rings. The second kappa shape index (κ2) is 26.1. The highest BCUT2D eigenvalue weighted by Gasteiger charge is 2.17. The lowest BCUT2D eigenvalue weighted by molar-refractivity contribution is -0.149. The first kappa shape index (κ1) is 32.5. The van der Waals surface area contributed by atoms with Gasteiger partial charge < -0.3 is 4.74 Å². The molecule has 2 atom stereocenters. The van der Waals surface area contributed by atoms with E-state index in [2.05, 4.69) is 27.7 Å². The number of rotatable bonds is 26. The van der Waals surface area contributed by atoms with Crippen LogP contribution in [0.5, 0.6) is 0 Å². The van der Waals surface area contributed by atoms with Crippen LogP contribution in [0.25, 0.3) is 0 Å². The topological polar surface area (TPSA) is 26.3 Å². The first-order valence-corrected chi connectivity index (χ1v) is 15.3. The summed E-state index contributed by atoms with van der Waals surface area (Å²) in [5.41, 5.74) is 0. The van der Waals surface area contributed by atoms with Gasteiger partial charge in [-0.15, -0.1) is 0 Å². The largest absolute Gasteiger partial charge is 0.465 e. The smallest absolute Gasteiger partial charge is 0.308 e. The van der Waals surface area contributed by atoms with Crippen LogP contribution in [0.4, 0.5) is 0 Å².